The van der Waals surface area contributed by atoms with Crippen molar-refractivity contribution in [3.05, 3.63) is 54.1 Å². The summed E-state index contributed by atoms with van der Waals surface area (Å²) in [5.74, 6) is 0.840. The molecule has 4 bridgehead atoms. The molecule has 188 valence electrons. The van der Waals surface area contributed by atoms with Crippen LogP contribution in [0, 0.1) is 0 Å². The van der Waals surface area contributed by atoms with Crippen LogP contribution in [0.15, 0.2) is 48.5 Å². The molecular formula is C27H38O7. The van der Waals surface area contributed by atoms with Gasteiger partial charge in [-0.1, -0.05) is 36.4 Å². The van der Waals surface area contributed by atoms with Crippen molar-refractivity contribution in [2.24, 2.45) is 0 Å². The van der Waals surface area contributed by atoms with Gasteiger partial charge in [-0.3, -0.25) is 0 Å². The normalized spacial score (nSPS) is 19.3. The molecule has 34 heavy (non-hydrogen) atoms. The number of hydrogen-bond donors (Lipinski definition) is 0. The van der Waals surface area contributed by atoms with Crippen molar-refractivity contribution >= 4 is 0 Å². The minimum absolute atomic E-state index is 0.498. The van der Waals surface area contributed by atoms with E-state index in [-0.39, 0.29) is 0 Å². The number of aryl methyl sites for hydroxylation is 1. The molecule has 2 aromatic rings. The molecule has 0 fully saturated rings. The average Bonchev–Trinajstić information content (AvgIpc) is 2.87. The fourth-order valence-corrected chi connectivity index (χ4v) is 3.47. The molecule has 0 spiro atoms. The maximum absolute atomic E-state index is 5.87. The molecule has 1 aliphatic heterocycles. The zero-order valence-electron chi connectivity index (χ0n) is 20.1. The minimum Gasteiger partial charge on any atom is -0.491 e. The number of benzene rings is 2. The smallest absolute Gasteiger partial charge is 0.120 e. The van der Waals surface area contributed by atoms with Gasteiger partial charge in [-0.15, -0.1) is 0 Å². The lowest BCUT2D eigenvalue weighted by Gasteiger charge is -2.11. The van der Waals surface area contributed by atoms with E-state index in [2.05, 4.69) is 36.4 Å². The van der Waals surface area contributed by atoms with Crippen LogP contribution < -0.4 is 4.74 Å². The molecule has 0 radical (unpaired) electrons. The summed E-state index contributed by atoms with van der Waals surface area (Å²) in [6, 6.07) is 16.8. The molecular weight excluding hydrogens is 436 g/mol. The molecule has 7 nitrogen and oxygen atoms in total. The predicted octanol–water partition coefficient (Wildman–Crippen LogP) is 3.78. The van der Waals surface area contributed by atoms with Gasteiger partial charge in [0.15, 0.2) is 0 Å². The molecule has 1 aliphatic rings. The first kappa shape index (κ1) is 26.6. The van der Waals surface area contributed by atoms with Crippen molar-refractivity contribution in [2.45, 2.75) is 12.8 Å². The number of ether oxygens (including phenoxy) is 7. The Balaban J connectivity index is 1.47. The molecule has 0 saturated heterocycles. The van der Waals surface area contributed by atoms with Crippen molar-refractivity contribution in [3.8, 4) is 16.9 Å². The fourth-order valence-electron chi connectivity index (χ4n) is 3.47. The quantitative estimate of drug-likeness (QED) is 0.576. The Labute approximate surface area is 203 Å². The molecule has 0 aromatic heterocycles. The van der Waals surface area contributed by atoms with Crippen LogP contribution >= 0.6 is 0 Å². The van der Waals surface area contributed by atoms with Crippen LogP contribution in [0.2, 0.25) is 0 Å². The van der Waals surface area contributed by atoms with E-state index in [1.54, 1.807) is 0 Å². The zero-order chi connectivity index (χ0) is 23.5. The van der Waals surface area contributed by atoms with Gasteiger partial charge in [-0.25, -0.2) is 0 Å². The molecule has 0 aliphatic carbocycles. The van der Waals surface area contributed by atoms with Gasteiger partial charge in [0.1, 0.15) is 12.4 Å². The minimum atomic E-state index is 0.498. The standard InChI is InChI=1S/C27H38O7/c1-4-24-5-3-9-28-10-11-29-12-13-30-14-15-31-16-17-32-18-19-33-20-21-34-27-8-2-7-26(23-27)25(6-1)22-24/h1-2,4,6-8,22-23H,3,5,9-21H2. The van der Waals surface area contributed by atoms with Gasteiger partial charge in [-0.05, 0) is 41.7 Å². The Morgan fingerprint density at radius 2 is 0.912 bits per heavy atom. The lowest BCUT2D eigenvalue weighted by atomic mass is 10.0. The van der Waals surface area contributed by atoms with Crippen LogP contribution in [0.4, 0.5) is 0 Å². The third-order valence-electron chi connectivity index (χ3n) is 5.20. The summed E-state index contributed by atoms with van der Waals surface area (Å²) in [6.07, 6.45) is 1.95. The third-order valence-corrected chi connectivity index (χ3v) is 5.20. The van der Waals surface area contributed by atoms with Crippen molar-refractivity contribution in [1.29, 1.82) is 0 Å². The largest absolute Gasteiger partial charge is 0.491 e. The lowest BCUT2D eigenvalue weighted by molar-refractivity contribution is -0.0178. The third kappa shape index (κ3) is 11.4. The Hall–Kier alpha value is -2.00. The molecule has 3 rings (SSSR count). The van der Waals surface area contributed by atoms with Crippen molar-refractivity contribution in [3.63, 3.8) is 0 Å². The highest BCUT2D eigenvalue weighted by Crippen LogP contribution is 2.25. The second-order valence-electron chi connectivity index (χ2n) is 7.85. The predicted molar refractivity (Wildman–Crippen MR) is 131 cm³/mol. The van der Waals surface area contributed by atoms with Crippen LogP contribution in [0.3, 0.4) is 0 Å². The van der Waals surface area contributed by atoms with Crippen LogP contribution in [0.1, 0.15) is 12.0 Å². The van der Waals surface area contributed by atoms with Gasteiger partial charge in [0.2, 0.25) is 0 Å². The number of fused-ring (bicyclic) bond motifs is 5. The first-order valence-corrected chi connectivity index (χ1v) is 12.2. The highest BCUT2D eigenvalue weighted by molar-refractivity contribution is 5.65. The van der Waals surface area contributed by atoms with Gasteiger partial charge >= 0.3 is 0 Å². The van der Waals surface area contributed by atoms with Gasteiger partial charge < -0.3 is 33.2 Å². The maximum Gasteiger partial charge on any atom is 0.120 e. The molecule has 0 N–H and O–H groups in total. The summed E-state index contributed by atoms with van der Waals surface area (Å²) in [6.45, 7) is 7.27. The van der Waals surface area contributed by atoms with Crippen molar-refractivity contribution in [2.75, 3.05) is 85.9 Å². The topological polar surface area (TPSA) is 64.6 Å². The zero-order valence-corrected chi connectivity index (χ0v) is 20.1. The number of rotatable bonds is 0. The molecule has 1 heterocycles. The van der Waals surface area contributed by atoms with E-state index in [4.69, 9.17) is 33.2 Å². The fraction of sp³-hybridized carbons (Fsp3) is 0.556. The van der Waals surface area contributed by atoms with E-state index in [0.29, 0.717) is 79.3 Å². The van der Waals surface area contributed by atoms with Gasteiger partial charge in [0.05, 0.1) is 72.7 Å². The highest BCUT2D eigenvalue weighted by Gasteiger charge is 2.03. The lowest BCUT2D eigenvalue weighted by Crippen LogP contribution is -2.15. The van der Waals surface area contributed by atoms with E-state index >= 15 is 0 Å². The Morgan fingerprint density at radius 3 is 1.50 bits per heavy atom. The summed E-state index contributed by atoms with van der Waals surface area (Å²) in [5.41, 5.74) is 3.63. The summed E-state index contributed by atoms with van der Waals surface area (Å²) in [4.78, 5) is 0. The summed E-state index contributed by atoms with van der Waals surface area (Å²) >= 11 is 0. The maximum atomic E-state index is 5.87. The second-order valence-corrected chi connectivity index (χ2v) is 7.85. The van der Waals surface area contributed by atoms with E-state index in [0.717, 1.165) is 30.8 Å². The molecule has 0 amide bonds. The van der Waals surface area contributed by atoms with Crippen LogP contribution in [-0.2, 0) is 34.8 Å². The van der Waals surface area contributed by atoms with Crippen molar-refractivity contribution in [1.82, 2.24) is 0 Å². The molecule has 0 atom stereocenters. The average molecular weight is 475 g/mol. The van der Waals surface area contributed by atoms with Gasteiger partial charge in [-0.2, -0.15) is 0 Å². The molecule has 0 saturated carbocycles. The van der Waals surface area contributed by atoms with Crippen LogP contribution in [0.5, 0.6) is 5.75 Å². The first-order chi connectivity index (χ1) is 16.9. The van der Waals surface area contributed by atoms with Crippen LogP contribution in [-0.4, -0.2) is 85.9 Å². The Kier molecular flexibility index (Phi) is 13.6. The Bertz CT molecular complexity index is 718. The monoisotopic (exact) mass is 474 g/mol. The SMILES string of the molecule is c1cc2cc(c1)-c1cccc(c1)OCCOCCOCCOCCOCCOCCOCCC2. The molecule has 2 aromatic carbocycles. The van der Waals surface area contributed by atoms with E-state index in [1.165, 1.54) is 11.1 Å². The second kappa shape index (κ2) is 17.4. The van der Waals surface area contributed by atoms with Crippen LogP contribution in [0.25, 0.3) is 11.1 Å². The Morgan fingerprint density at radius 1 is 0.441 bits per heavy atom. The first-order valence-electron chi connectivity index (χ1n) is 12.2. The summed E-state index contributed by atoms with van der Waals surface area (Å²) in [7, 11) is 0. The number of hydrogen-bond acceptors (Lipinski definition) is 7. The van der Waals surface area contributed by atoms with E-state index < -0.39 is 0 Å². The molecule has 7 heteroatoms. The van der Waals surface area contributed by atoms with E-state index in [9.17, 15) is 0 Å². The van der Waals surface area contributed by atoms with Gasteiger partial charge in [0, 0.05) is 6.61 Å². The summed E-state index contributed by atoms with van der Waals surface area (Å²) in [5, 5.41) is 0. The van der Waals surface area contributed by atoms with Crippen molar-refractivity contribution < 1.29 is 33.2 Å². The highest BCUT2D eigenvalue weighted by atomic mass is 16.6. The summed E-state index contributed by atoms with van der Waals surface area (Å²) < 4.78 is 39.2. The van der Waals surface area contributed by atoms with Gasteiger partial charge in [0.25, 0.3) is 0 Å². The molecule has 0 unspecified atom stereocenters. The van der Waals surface area contributed by atoms with E-state index in [1.807, 2.05) is 12.1 Å².